The average Bonchev–Trinajstić information content (AvgIpc) is 2.68. The highest BCUT2D eigenvalue weighted by Crippen LogP contribution is 2.45. The van der Waals surface area contributed by atoms with Crippen LogP contribution in [0.4, 0.5) is 0 Å². The number of thioether (sulfide) groups is 2. The van der Waals surface area contributed by atoms with Crippen molar-refractivity contribution in [3.63, 3.8) is 0 Å². The van der Waals surface area contributed by atoms with Crippen molar-refractivity contribution < 1.29 is 14.6 Å². The zero-order valence-electron chi connectivity index (χ0n) is 18.3. The van der Waals surface area contributed by atoms with Gasteiger partial charge in [-0.3, -0.25) is 4.79 Å². The Bertz CT molecular complexity index is 619. The molecule has 1 amide bonds. The van der Waals surface area contributed by atoms with Gasteiger partial charge in [0.2, 0.25) is 5.91 Å². The number of carbonyl (C=O) groups excluding carboxylic acids is 1. The van der Waals surface area contributed by atoms with Crippen LogP contribution >= 0.6 is 23.5 Å². The van der Waals surface area contributed by atoms with Gasteiger partial charge in [0.05, 0.1) is 16.4 Å². The maximum atomic E-state index is 13.1. The summed E-state index contributed by atoms with van der Waals surface area (Å²) in [5.74, 6) is 2.00. The Kier molecular flexibility index (Phi) is 8.56. The molecular formula is C22H37NO3S2. The number of aliphatic hydroxyl groups is 1. The van der Waals surface area contributed by atoms with Gasteiger partial charge in [-0.15, -0.1) is 11.8 Å². The molecule has 0 radical (unpaired) electrons. The number of nitrogens with one attached hydrogen (secondary N) is 1. The van der Waals surface area contributed by atoms with Gasteiger partial charge >= 0.3 is 0 Å². The summed E-state index contributed by atoms with van der Waals surface area (Å²) in [6, 6.07) is 0. The molecule has 4 nitrogen and oxygen atoms in total. The third kappa shape index (κ3) is 6.04. The first-order valence-corrected chi connectivity index (χ1v) is 12.2. The Balaban J connectivity index is 2.05. The molecule has 1 saturated heterocycles. The lowest BCUT2D eigenvalue weighted by Gasteiger charge is -2.34. The van der Waals surface area contributed by atoms with Gasteiger partial charge in [-0.25, -0.2) is 0 Å². The lowest BCUT2D eigenvalue weighted by molar-refractivity contribution is -0.121. The minimum atomic E-state index is -0.484. The topological polar surface area (TPSA) is 58.6 Å². The second kappa shape index (κ2) is 10.1. The normalized spacial score (nSPS) is 22.2. The van der Waals surface area contributed by atoms with E-state index >= 15 is 0 Å². The zero-order valence-corrected chi connectivity index (χ0v) is 19.9. The molecular weight excluding hydrogens is 390 g/mol. The van der Waals surface area contributed by atoms with Crippen molar-refractivity contribution in [3.8, 4) is 0 Å². The van der Waals surface area contributed by atoms with Crippen molar-refractivity contribution in [3.05, 3.63) is 21.6 Å². The predicted octanol–water partition coefficient (Wildman–Crippen LogP) is 4.95. The third-order valence-electron chi connectivity index (χ3n) is 5.78. The molecule has 0 aromatic heterocycles. The molecule has 0 aliphatic carbocycles. The van der Waals surface area contributed by atoms with Crippen molar-refractivity contribution in [1.82, 2.24) is 5.32 Å². The first-order valence-electron chi connectivity index (χ1n) is 10.4. The molecule has 2 heterocycles. The fourth-order valence-corrected chi connectivity index (χ4v) is 5.67. The van der Waals surface area contributed by atoms with Crippen molar-refractivity contribution in [2.75, 3.05) is 25.6 Å². The van der Waals surface area contributed by atoms with Crippen molar-refractivity contribution >= 4 is 29.4 Å². The van der Waals surface area contributed by atoms with Crippen LogP contribution in [0, 0.1) is 17.3 Å². The van der Waals surface area contributed by atoms with Crippen molar-refractivity contribution in [1.29, 1.82) is 0 Å². The molecule has 1 fully saturated rings. The van der Waals surface area contributed by atoms with Crippen LogP contribution in [0.15, 0.2) is 21.6 Å². The Morgan fingerprint density at radius 3 is 2.54 bits per heavy atom. The fourth-order valence-electron chi connectivity index (χ4n) is 3.25. The van der Waals surface area contributed by atoms with Crippen LogP contribution < -0.4 is 5.32 Å². The first-order chi connectivity index (χ1) is 13.1. The number of hydrogen-bond donors (Lipinski definition) is 2. The van der Waals surface area contributed by atoms with Crippen molar-refractivity contribution in [2.45, 2.75) is 65.6 Å². The Morgan fingerprint density at radius 1 is 1.32 bits per heavy atom. The van der Waals surface area contributed by atoms with Crippen LogP contribution in [0.25, 0.3) is 0 Å². The van der Waals surface area contributed by atoms with Crippen LogP contribution in [0.3, 0.4) is 0 Å². The molecule has 1 unspecified atom stereocenters. The van der Waals surface area contributed by atoms with E-state index in [1.165, 1.54) is 5.57 Å². The van der Waals surface area contributed by atoms with Gasteiger partial charge in [0.15, 0.2) is 0 Å². The molecule has 2 aliphatic rings. The lowest BCUT2D eigenvalue weighted by Crippen LogP contribution is -2.40. The molecule has 0 bridgehead atoms. The number of rotatable bonds is 8. The monoisotopic (exact) mass is 427 g/mol. The summed E-state index contributed by atoms with van der Waals surface area (Å²) in [4.78, 5) is 14.2. The third-order valence-corrected chi connectivity index (χ3v) is 8.86. The second-order valence-corrected chi connectivity index (χ2v) is 11.7. The van der Waals surface area contributed by atoms with Gasteiger partial charge in [0.1, 0.15) is 0 Å². The Morgan fingerprint density at radius 2 is 1.96 bits per heavy atom. The summed E-state index contributed by atoms with van der Waals surface area (Å²) >= 11 is 3.35. The predicted molar refractivity (Wildman–Crippen MR) is 121 cm³/mol. The largest absolute Gasteiger partial charge is 0.395 e. The van der Waals surface area contributed by atoms with E-state index < -0.39 is 4.75 Å². The lowest BCUT2D eigenvalue weighted by atomic mass is 9.89. The van der Waals surface area contributed by atoms with E-state index in [9.17, 15) is 9.90 Å². The molecule has 0 saturated carbocycles. The van der Waals surface area contributed by atoms with E-state index in [1.807, 2.05) is 27.7 Å². The number of ether oxygens (including phenoxy) is 1. The summed E-state index contributed by atoms with van der Waals surface area (Å²) in [5.41, 5.74) is 0.908. The SMILES string of the molecule is CCC1C=C(C(C)(C)CO)SC(NC(=O)C(C)(C)SCC2CCOCC2)=C1C. The summed E-state index contributed by atoms with van der Waals surface area (Å²) in [5, 5.41) is 14.0. The molecule has 2 aliphatic heterocycles. The van der Waals surface area contributed by atoms with Crippen LogP contribution in [0.5, 0.6) is 0 Å². The molecule has 6 heteroatoms. The number of amides is 1. The maximum absolute atomic E-state index is 13.1. The van der Waals surface area contributed by atoms with Gasteiger partial charge in [-0.05, 0) is 62.2 Å². The molecule has 2 rings (SSSR count). The number of aliphatic hydroxyl groups excluding tert-OH is 1. The first kappa shape index (κ1) is 23.8. The van der Waals surface area contributed by atoms with Gasteiger partial charge < -0.3 is 15.2 Å². The van der Waals surface area contributed by atoms with Gasteiger partial charge in [0.25, 0.3) is 0 Å². The fraction of sp³-hybridized carbons (Fsp3) is 0.773. The second-order valence-electron chi connectivity index (χ2n) is 9.03. The standard InChI is InChI=1S/C22H37NO3S2/c1-7-17-12-18(21(3,4)14-24)28-19(15(17)2)23-20(25)22(5,6)27-13-16-8-10-26-11-9-16/h12,16-17,24H,7-11,13-14H2,1-6H3,(H,23,25). The highest BCUT2D eigenvalue weighted by Gasteiger charge is 2.34. The Hall–Kier alpha value is -0.430. The van der Waals surface area contributed by atoms with Crippen LogP contribution in [0.1, 0.15) is 60.8 Å². The van der Waals surface area contributed by atoms with E-state index in [4.69, 9.17) is 4.74 Å². The van der Waals surface area contributed by atoms with E-state index in [0.29, 0.717) is 11.8 Å². The molecule has 0 aromatic carbocycles. The number of hydrogen-bond acceptors (Lipinski definition) is 5. The average molecular weight is 428 g/mol. The highest BCUT2D eigenvalue weighted by atomic mass is 32.2. The van der Waals surface area contributed by atoms with E-state index in [-0.39, 0.29) is 17.9 Å². The van der Waals surface area contributed by atoms with Crippen molar-refractivity contribution in [2.24, 2.45) is 17.3 Å². The molecule has 28 heavy (non-hydrogen) atoms. The van der Waals surface area contributed by atoms with Crippen LogP contribution in [-0.4, -0.2) is 41.3 Å². The minimum Gasteiger partial charge on any atom is -0.395 e. The summed E-state index contributed by atoms with van der Waals surface area (Å²) < 4.78 is 4.95. The van der Waals surface area contributed by atoms with Crippen LogP contribution in [-0.2, 0) is 9.53 Å². The number of carbonyl (C=O) groups is 1. The van der Waals surface area contributed by atoms with Gasteiger partial charge in [-0.2, -0.15) is 0 Å². The zero-order chi connectivity index (χ0) is 20.9. The summed E-state index contributed by atoms with van der Waals surface area (Å²) in [6.07, 6.45) is 5.43. The molecule has 0 aromatic rings. The quantitative estimate of drug-likeness (QED) is 0.574. The van der Waals surface area contributed by atoms with E-state index in [1.54, 1.807) is 23.5 Å². The van der Waals surface area contributed by atoms with E-state index in [0.717, 1.165) is 48.2 Å². The Labute approximate surface area is 179 Å². The molecule has 2 N–H and O–H groups in total. The minimum absolute atomic E-state index is 0.0596. The highest BCUT2D eigenvalue weighted by molar-refractivity contribution is 8.06. The molecule has 160 valence electrons. The molecule has 0 spiro atoms. The number of allylic oxidation sites excluding steroid dienone is 2. The summed E-state index contributed by atoms with van der Waals surface area (Å²) in [6.45, 7) is 14.2. The van der Waals surface area contributed by atoms with E-state index in [2.05, 4.69) is 25.2 Å². The van der Waals surface area contributed by atoms with Crippen LogP contribution in [0.2, 0.25) is 0 Å². The maximum Gasteiger partial charge on any atom is 0.240 e. The van der Waals surface area contributed by atoms with Gasteiger partial charge in [0, 0.05) is 24.5 Å². The summed E-state index contributed by atoms with van der Waals surface area (Å²) in [7, 11) is 0. The van der Waals surface area contributed by atoms with Gasteiger partial charge in [-0.1, -0.05) is 38.6 Å². The molecule has 1 atom stereocenters. The smallest absolute Gasteiger partial charge is 0.240 e.